The molecule has 0 aliphatic carbocycles. The van der Waals surface area contributed by atoms with Crippen LogP contribution in [0.4, 0.5) is 23.0 Å². The maximum atomic E-state index is 10.8. The van der Waals surface area contributed by atoms with Crippen LogP contribution in [-0.4, -0.2) is 23.0 Å². The fourth-order valence-corrected chi connectivity index (χ4v) is 3.31. The van der Waals surface area contributed by atoms with E-state index in [9.17, 15) is 15.4 Å². The summed E-state index contributed by atoms with van der Waals surface area (Å²) in [7, 11) is 0. The van der Waals surface area contributed by atoms with Crippen molar-refractivity contribution < 1.29 is 4.92 Å². The number of benzene rings is 2. The minimum Gasteiger partial charge on any atom is -0.383 e. The second-order valence-corrected chi connectivity index (χ2v) is 7.05. The Hall–Kier alpha value is -3.54. The first-order chi connectivity index (χ1) is 14.4. The van der Waals surface area contributed by atoms with E-state index in [0.29, 0.717) is 45.6 Å². The summed E-state index contributed by atoms with van der Waals surface area (Å²) in [4.78, 5) is 14.2. The molecule has 0 saturated heterocycles. The fraction of sp³-hybridized carbons (Fsp3) is 0.100. The van der Waals surface area contributed by atoms with Crippen LogP contribution in [0.1, 0.15) is 5.56 Å². The monoisotopic (exact) mass is 442 g/mol. The van der Waals surface area contributed by atoms with Crippen molar-refractivity contribution in [1.82, 2.24) is 4.98 Å². The Bertz CT molecular complexity index is 1150. The van der Waals surface area contributed by atoms with Crippen molar-refractivity contribution in [3.63, 3.8) is 0 Å². The highest BCUT2D eigenvalue weighted by Crippen LogP contribution is 2.34. The van der Waals surface area contributed by atoms with Crippen molar-refractivity contribution in [3.8, 4) is 17.2 Å². The van der Waals surface area contributed by atoms with Crippen LogP contribution in [0.5, 0.6) is 0 Å². The van der Waals surface area contributed by atoms with Gasteiger partial charge in [0, 0.05) is 46.0 Å². The molecule has 0 saturated carbocycles. The molecule has 8 nitrogen and oxygen atoms in total. The standard InChI is InChI=1S/C20H16Cl2N6O2/c21-13-2-4-15(17(22)9-13)16-10-14(3-1-12(16)11-23)25-7-8-26-19-6-5-18(28(29)30)20(24)27-19/h1-6,9-10,25H,7-8H2,(H3,24,26,27). The van der Waals surface area contributed by atoms with Gasteiger partial charge in [-0.3, -0.25) is 10.1 Å². The fourth-order valence-electron chi connectivity index (χ4n) is 2.80. The summed E-state index contributed by atoms with van der Waals surface area (Å²) < 4.78 is 0. The highest BCUT2D eigenvalue weighted by molar-refractivity contribution is 6.36. The molecule has 4 N–H and O–H groups in total. The zero-order valence-corrected chi connectivity index (χ0v) is 17.0. The molecule has 0 unspecified atom stereocenters. The normalized spacial score (nSPS) is 10.3. The third-order valence-electron chi connectivity index (χ3n) is 4.22. The highest BCUT2D eigenvalue weighted by Gasteiger charge is 2.13. The second-order valence-electron chi connectivity index (χ2n) is 6.21. The largest absolute Gasteiger partial charge is 0.383 e. The van der Waals surface area contributed by atoms with E-state index >= 15 is 0 Å². The number of rotatable bonds is 7. The zero-order valence-electron chi connectivity index (χ0n) is 15.5. The smallest absolute Gasteiger partial charge is 0.311 e. The molecular weight excluding hydrogens is 427 g/mol. The van der Waals surface area contributed by atoms with Gasteiger partial charge < -0.3 is 16.4 Å². The van der Waals surface area contributed by atoms with Gasteiger partial charge in [-0.15, -0.1) is 0 Å². The highest BCUT2D eigenvalue weighted by atomic mass is 35.5. The van der Waals surface area contributed by atoms with Crippen LogP contribution in [0.3, 0.4) is 0 Å². The number of nitrogens with zero attached hydrogens (tertiary/aromatic N) is 3. The second kappa shape index (κ2) is 9.31. The molecule has 3 aromatic rings. The number of nitro groups is 1. The minimum absolute atomic E-state index is 0.144. The van der Waals surface area contributed by atoms with Crippen molar-refractivity contribution in [2.75, 3.05) is 29.5 Å². The van der Waals surface area contributed by atoms with Crippen LogP contribution < -0.4 is 16.4 Å². The van der Waals surface area contributed by atoms with E-state index in [0.717, 1.165) is 5.69 Å². The molecule has 0 amide bonds. The molecule has 0 radical (unpaired) electrons. The van der Waals surface area contributed by atoms with Crippen LogP contribution in [0.15, 0.2) is 48.5 Å². The first kappa shape index (κ1) is 21.2. The van der Waals surface area contributed by atoms with Gasteiger partial charge in [0.2, 0.25) is 5.82 Å². The van der Waals surface area contributed by atoms with Gasteiger partial charge in [0.1, 0.15) is 5.82 Å². The number of aromatic nitrogens is 1. The molecule has 1 heterocycles. The van der Waals surface area contributed by atoms with Gasteiger partial charge in [-0.2, -0.15) is 5.26 Å². The summed E-state index contributed by atoms with van der Waals surface area (Å²) in [5.41, 5.74) is 8.05. The Labute approximate surface area is 182 Å². The lowest BCUT2D eigenvalue weighted by Gasteiger charge is -2.12. The van der Waals surface area contributed by atoms with Crippen LogP contribution >= 0.6 is 23.2 Å². The van der Waals surface area contributed by atoms with Gasteiger partial charge in [-0.05, 0) is 36.4 Å². The number of nitriles is 1. The molecule has 10 heteroatoms. The summed E-state index contributed by atoms with van der Waals surface area (Å²) >= 11 is 12.3. The number of nitrogens with one attached hydrogen (secondary N) is 2. The average molecular weight is 443 g/mol. The van der Waals surface area contributed by atoms with Crippen LogP contribution in [0.2, 0.25) is 10.0 Å². The maximum absolute atomic E-state index is 10.8. The zero-order chi connectivity index (χ0) is 21.7. The molecule has 0 aliphatic rings. The van der Waals surface area contributed by atoms with Crippen LogP contribution in [-0.2, 0) is 0 Å². The third-order valence-corrected chi connectivity index (χ3v) is 4.77. The lowest BCUT2D eigenvalue weighted by molar-refractivity contribution is -0.384. The minimum atomic E-state index is -0.580. The number of hydrogen-bond acceptors (Lipinski definition) is 7. The maximum Gasteiger partial charge on any atom is 0.311 e. The van der Waals surface area contributed by atoms with Gasteiger partial charge in [-0.25, -0.2) is 4.98 Å². The van der Waals surface area contributed by atoms with Gasteiger partial charge in [-0.1, -0.05) is 29.3 Å². The molecule has 0 fully saturated rings. The Morgan fingerprint density at radius 3 is 2.50 bits per heavy atom. The Kier molecular flexibility index (Phi) is 6.57. The van der Waals surface area contributed by atoms with Crippen LogP contribution in [0, 0.1) is 21.4 Å². The van der Waals surface area contributed by atoms with Crippen molar-refractivity contribution in [2.24, 2.45) is 0 Å². The van der Waals surface area contributed by atoms with E-state index in [1.165, 1.54) is 12.1 Å². The topological polar surface area (TPSA) is 130 Å². The summed E-state index contributed by atoms with van der Waals surface area (Å²) in [6.07, 6.45) is 0. The number of nitrogens with two attached hydrogens (primary N) is 1. The Balaban J connectivity index is 1.67. The van der Waals surface area contributed by atoms with E-state index in [1.54, 1.807) is 30.3 Å². The van der Waals surface area contributed by atoms with Gasteiger partial charge >= 0.3 is 5.69 Å². The van der Waals surface area contributed by atoms with Gasteiger partial charge in [0.05, 0.1) is 16.6 Å². The molecule has 0 atom stereocenters. The Morgan fingerprint density at radius 1 is 1.07 bits per heavy atom. The van der Waals surface area contributed by atoms with Gasteiger partial charge in [0.15, 0.2) is 0 Å². The van der Waals surface area contributed by atoms with Crippen LogP contribution in [0.25, 0.3) is 11.1 Å². The summed E-state index contributed by atoms with van der Waals surface area (Å²) in [5, 5.41) is 27.5. The number of anilines is 3. The molecule has 3 rings (SSSR count). The lowest BCUT2D eigenvalue weighted by atomic mass is 9.99. The number of halogens is 2. The molecule has 2 aromatic carbocycles. The number of hydrogen-bond donors (Lipinski definition) is 3. The Morgan fingerprint density at radius 2 is 1.83 bits per heavy atom. The lowest BCUT2D eigenvalue weighted by Crippen LogP contribution is -2.15. The average Bonchev–Trinajstić information content (AvgIpc) is 2.71. The molecular formula is C20H16Cl2N6O2. The van der Waals surface area contributed by atoms with E-state index in [4.69, 9.17) is 28.9 Å². The molecule has 30 heavy (non-hydrogen) atoms. The van der Waals surface area contributed by atoms with E-state index < -0.39 is 4.92 Å². The van der Waals surface area contributed by atoms with E-state index in [-0.39, 0.29) is 11.5 Å². The van der Waals surface area contributed by atoms with Gasteiger partial charge in [0.25, 0.3) is 0 Å². The predicted molar refractivity (Wildman–Crippen MR) is 119 cm³/mol. The number of nitrogen functional groups attached to an aromatic ring is 1. The van der Waals surface area contributed by atoms with Crippen molar-refractivity contribution in [2.45, 2.75) is 0 Å². The quantitative estimate of drug-likeness (QED) is 0.268. The molecule has 0 aliphatic heterocycles. The summed E-state index contributed by atoms with van der Waals surface area (Å²) in [5.74, 6) is 0.294. The van der Waals surface area contributed by atoms with Crippen molar-refractivity contribution >= 4 is 46.2 Å². The van der Waals surface area contributed by atoms with Crippen molar-refractivity contribution in [3.05, 3.63) is 74.3 Å². The molecule has 0 spiro atoms. The third kappa shape index (κ3) is 4.89. The molecule has 0 bridgehead atoms. The molecule has 1 aromatic heterocycles. The first-order valence-electron chi connectivity index (χ1n) is 8.77. The predicted octanol–water partition coefficient (Wildman–Crippen LogP) is 4.94. The first-order valence-corrected chi connectivity index (χ1v) is 9.53. The molecule has 152 valence electrons. The van der Waals surface area contributed by atoms with Crippen molar-refractivity contribution in [1.29, 1.82) is 5.26 Å². The van der Waals surface area contributed by atoms with E-state index in [1.807, 2.05) is 6.07 Å². The summed E-state index contributed by atoms with van der Waals surface area (Å²) in [6, 6.07) is 15.5. The summed E-state index contributed by atoms with van der Waals surface area (Å²) in [6.45, 7) is 1.01. The van der Waals surface area contributed by atoms with E-state index in [2.05, 4.69) is 21.7 Å². The SMILES string of the molecule is N#Cc1ccc(NCCNc2ccc([N+](=O)[O-])c(N)n2)cc1-c1ccc(Cl)cc1Cl. The number of pyridine rings is 1.